The third-order valence-electron chi connectivity index (χ3n) is 11.2. The Hall–Kier alpha value is -1.89. The maximum Gasteiger partial charge on any atom is 0.316 e. The van der Waals surface area contributed by atoms with E-state index in [1.54, 1.807) is 26.2 Å². The van der Waals surface area contributed by atoms with Crippen molar-refractivity contribution >= 4 is 5.97 Å². The van der Waals surface area contributed by atoms with Gasteiger partial charge in [0, 0.05) is 32.3 Å². The second-order valence-electron chi connectivity index (χ2n) is 14.7. The minimum atomic E-state index is -1.76. The lowest BCUT2D eigenvalue weighted by Crippen LogP contribution is -2.58. The van der Waals surface area contributed by atoms with Crippen LogP contribution in [0.25, 0.3) is 0 Å². The van der Waals surface area contributed by atoms with Gasteiger partial charge in [0.1, 0.15) is 36.6 Å². The number of hydrogen-bond donors (Lipinski definition) is 2. The van der Waals surface area contributed by atoms with Gasteiger partial charge in [-0.1, -0.05) is 64.5 Å². The molecule has 0 aromatic carbocycles. The lowest BCUT2D eigenvalue weighted by atomic mass is 9.71. The fourth-order valence-electron chi connectivity index (χ4n) is 8.15. The Labute approximate surface area is 286 Å². The first-order valence-corrected chi connectivity index (χ1v) is 17.9. The van der Waals surface area contributed by atoms with Crippen molar-refractivity contribution < 1.29 is 48.2 Å². The van der Waals surface area contributed by atoms with E-state index in [4.69, 9.17) is 33.2 Å². The fraction of sp³-hybridized carbons (Fsp3) is 0.763. The van der Waals surface area contributed by atoms with Crippen molar-refractivity contribution in [3.63, 3.8) is 0 Å². The van der Waals surface area contributed by atoms with Gasteiger partial charge < -0.3 is 43.4 Å². The lowest BCUT2D eigenvalue weighted by molar-refractivity contribution is -0.340. The van der Waals surface area contributed by atoms with Gasteiger partial charge in [-0.2, -0.15) is 0 Å². The van der Waals surface area contributed by atoms with E-state index in [-0.39, 0.29) is 37.6 Å². The van der Waals surface area contributed by atoms with Gasteiger partial charge in [0.15, 0.2) is 5.79 Å². The average molecular weight is 675 g/mol. The second kappa shape index (κ2) is 16.0. The summed E-state index contributed by atoms with van der Waals surface area (Å²) >= 11 is 0. The number of methoxy groups -OCH3 is 1. The standard InChI is InChI=1S/C38H58O10/c1-8-23(2)34-26(5)14-15-37(48-34)20-30-19-29(47-37)13-12-25(4)33(45-22-43-17-16-42-7)24(3)10-9-11-28-21-44-35-32(39)27(6)18-31(36(40)46-30)38(28,35)41/h9-12,18,23-24,26,29-35,39,41H,8,13-17,19-22H2,1-7H3/b10-9+,25-12+,28-11+/t23-,24-,26-,29?,30-,31-,32+,33-,34+,35+,37+,38+/m0/s1. The first-order chi connectivity index (χ1) is 22.9. The highest BCUT2D eigenvalue weighted by molar-refractivity contribution is 5.78. The van der Waals surface area contributed by atoms with Gasteiger partial charge in [0.05, 0.1) is 38.1 Å². The normalized spacial score (nSPS) is 44.1. The van der Waals surface area contributed by atoms with E-state index in [0.717, 1.165) is 18.4 Å². The molecule has 3 fully saturated rings. The van der Waals surface area contributed by atoms with Crippen LogP contribution in [0, 0.1) is 23.7 Å². The molecule has 3 saturated heterocycles. The van der Waals surface area contributed by atoms with Crippen molar-refractivity contribution in [3.8, 4) is 0 Å². The smallest absolute Gasteiger partial charge is 0.316 e. The van der Waals surface area contributed by atoms with Crippen molar-refractivity contribution in [1.82, 2.24) is 0 Å². The summed E-state index contributed by atoms with van der Waals surface area (Å²) in [5, 5.41) is 23.3. The van der Waals surface area contributed by atoms with Crippen LogP contribution >= 0.6 is 0 Å². The number of carbonyl (C=O) groups is 1. The van der Waals surface area contributed by atoms with E-state index in [9.17, 15) is 15.0 Å². The molecule has 270 valence electrons. The molecule has 1 spiro atoms. The van der Waals surface area contributed by atoms with Gasteiger partial charge >= 0.3 is 5.97 Å². The Bertz CT molecular complexity index is 1240. The quantitative estimate of drug-likeness (QED) is 0.154. The molecule has 1 aliphatic carbocycles. The maximum absolute atomic E-state index is 14.1. The largest absolute Gasteiger partial charge is 0.462 e. The van der Waals surface area contributed by atoms with E-state index in [1.807, 2.05) is 12.2 Å². The van der Waals surface area contributed by atoms with Crippen LogP contribution < -0.4 is 0 Å². The summed E-state index contributed by atoms with van der Waals surface area (Å²) in [6.07, 6.45) is 10.6. The summed E-state index contributed by atoms with van der Waals surface area (Å²) in [4.78, 5) is 14.1. The molecule has 2 bridgehead atoms. The molecule has 0 aromatic rings. The Morgan fingerprint density at radius 1 is 1.12 bits per heavy atom. The number of hydrogen-bond acceptors (Lipinski definition) is 10. The molecular weight excluding hydrogens is 616 g/mol. The third kappa shape index (κ3) is 7.86. The first kappa shape index (κ1) is 37.4. The van der Waals surface area contributed by atoms with Gasteiger partial charge in [0.25, 0.3) is 0 Å². The van der Waals surface area contributed by atoms with Gasteiger partial charge in [-0.15, -0.1) is 0 Å². The van der Waals surface area contributed by atoms with Crippen LogP contribution in [0.2, 0.25) is 0 Å². The predicted octanol–water partition coefficient (Wildman–Crippen LogP) is 5.18. The van der Waals surface area contributed by atoms with Crippen molar-refractivity contribution in [2.45, 2.75) is 128 Å². The summed E-state index contributed by atoms with van der Waals surface area (Å²) in [5.74, 6) is -1.77. The summed E-state index contributed by atoms with van der Waals surface area (Å²) in [5.41, 5.74) is 0.362. The molecule has 4 aliphatic heterocycles. The third-order valence-corrected chi connectivity index (χ3v) is 11.2. The van der Waals surface area contributed by atoms with Gasteiger partial charge in [-0.3, -0.25) is 4.79 Å². The molecule has 4 heterocycles. The monoisotopic (exact) mass is 674 g/mol. The number of aliphatic hydroxyl groups is 2. The van der Waals surface area contributed by atoms with E-state index in [2.05, 4.69) is 40.7 Å². The molecule has 0 aromatic heterocycles. The number of aliphatic hydroxyl groups excluding tert-OH is 1. The molecule has 0 amide bonds. The summed E-state index contributed by atoms with van der Waals surface area (Å²) in [6.45, 7) is 13.6. The molecule has 5 aliphatic rings. The molecule has 0 radical (unpaired) electrons. The number of esters is 1. The Kier molecular flexibility index (Phi) is 12.4. The van der Waals surface area contributed by atoms with Crippen LogP contribution in [0.15, 0.2) is 47.1 Å². The van der Waals surface area contributed by atoms with Crippen LogP contribution in [-0.2, 0) is 38.0 Å². The SMILES string of the molecule is CC[C@H](C)[C@H]1O[C@]2(CC[C@@H]1C)C[C@@H]1CC(C/C=C(\C)[C@@H](OCOCCOC)[C@@H](C)/C=C/C=C3\CO[C@@H]4[C@H](O)C(C)=C[C@@H](C(=O)O1)[C@]34O)O2. The molecule has 5 rings (SSSR count). The zero-order valence-electron chi connectivity index (χ0n) is 29.9. The van der Waals surface area contributed by atoms with E-state index < -0.39 is 41.6 Å². The molecule has 48 heavy (non-hydrogen) atoms. The molecule has 1 unspecified atom stereocenters. The van der Waals surface area contributed by atoms with Crippen LogP contribution in [0.5, 0.6) is 0 Å². The van der Waals surface area contributed by atoms with Crippen molar-refractivity contribution in [2.75, 3.05) is 33.7 Å². The van der Waals surface area contributed by atoms with E-state index in [0.29, 0.717) is 61.9 Å². The van der Waals surface area contributed by atoms with Gasteiger partial charge in [-0.05, 0) is 55.2 Å². The van der Waals surface area contributed by atoms with Crippen molar-refractivity contribution in [3.05, 3.63) is 47.1 Å². The summed E-state index contributed by atoms with van der Waals surface area (Å²) in [6, 6.07) is 0. The van der Waals surface area contributed by atoms with E-state index >= 15 is 0 Å². The molecular formula is C38H58O10. The zero-order chi connectivity index (χ0) is 34.6. The minimum Gasteiger partial charge on any atom is -0.462 e. The molecule has 12 atom stereocenters. The second-order valence-corrected chi connectivity index (χ2v) is 14.7. The number of carbonyl (C=O) groups excluding carboxylic acids is 1. The van der Waals surface area contributed by atoms with Crippen molar-refractivity contribution in [2.24, 2.45) is 23.7 Å². The van der Waals surface area contributed by atoms with Crippen LogP contribution in [0.3, 0.4) is 0 Å². The highest BCUT2D eigenvalue weighted by atomic mass is 16.7. The van der Waals surface area contributed by atoms with Gasteiger partial charge in [0.2, 0.25) is 0 Å². The van der Waals surface area contributed by atoms with Crippen LogP contribution in [0.4, 0.5) is 0 Å². The topological polar surface area (TPSA) is 122 Å². The molecule has 0 saturated carbocycles. The number of ether oxygens (including phenoxy) is 7. The number of fused-ring (bicyclic) bond motifs is 2. The summed E-state index contributed by atoms with van der Waals surface area (Å²) in [7, 11) is 1.63. The predicted molar refractivity (Wildman–Crippen MR) is 180 cm³/mol. The highest BCUT2D eigenvalue weighted by Gasteiger charge is 2.60. The Balaban J connectivity index is 1.51. The lowest BCUT2D eigenvalue weighted by Gasteiger charge is -2.51. The van der Waals surface area contributed by atoms with Gasteiger partial charge in [-0.25, -0.2) is 0 Å². The van der Waals surface area contributed by atoms with Crippen LogP contribution in [0.1, 0.15) is 80.1 Å². The van der Waals surface area contributed by atoms with E-state index in [1.165, 1.54) is 0 Å². The molecule has 10 heteroatoms. The van der Waals surface area contributed by atoms with Crippen molar-refractivity contribution in [1.29, 1.82) is 0 Å². The molecule has 10 nitrogen and oxygen atoms in total. The number of rotatable bonds is 8. The average Bonchev–Trinajstić information content (AvgIpc) is 3.40. The number of allylic oxidation sites excluding steroid dienone is 2. The zero-order valence-corrected chi connectivity index (χ0v) is 29.9. The van der Waals surface area contributed by atoms with Crippen LogP contribution in [-0.4, -0.2) is 97.9 Å². The Morgan fingerprint density at radius 3 is 2.67 bits per heavy atom. The Morgan fingerprint density at radius 2 is 1.92 bits per heavy atom. The maximum atomic E-state index is 14.1. The first-order valence-electron chi connectivity index (χ1n) is 17.9. The minimum absolute atomic E-state index is 0.0349. The highest BCUT2D eigenvalue weighted by Crippen LogP contribution is 2.48. The summed E-state index contributed by atoms with van der Waals surface area (Å²) < 4.78 is 43.1. The molecule has 2 N–H and O–H groups in total. The fourth-order valence-corrected chi connectivity index (χ4v) is 8.15.